The molecule has 0 amide bonds. The molecule has 13 heavy (non-hydrogen) atoms. The second-order valence-corrected chi connectivity index (χ2v) is 3.35. The lowest BCUT2D eigenvalue weighted by Crippen LogP contribution is -1.97. The molecule has 1 heterocycles. The number of allylic oxidation sites excluding steroid dienone is 1. The summed E-state index contributed by atoms with van der Waals surface area (Å²) in [6.45, 7) is 3.99. The molecule has 1 aromatic rings. The van der Waals surface area contributed by atoms with Gasteiger partial charge in [-0.25, -0.2) is 4.98 Å². The minimum absolute atomic E-state index is 0.257. The van der Waals surface area contributed by atoms with Gasteiger partial charge >= 0.3 is 0 Å². The molecule has 0 bridgehead atoms. The summed E-state index contributed by atoms with van der Waals surface area (Å²) < 4.78 is 1.88. The third-order valence-corrected chi connectivity index (χ3v) is 1.97. The van der Waals surface area contributed by atoms with E-state index in [0.717, 1.165) is 17.6 Å². The standard InChI is InChI=1S/C10H14N2O/c1-8(2)9(6-13)4-10-5-11-7-12(10)3/h4-8H,1-3H3. The van der Waals surface area contributed by atoms with Gasteiger partial charge in [0.1, 0.15) is 6.29 Å². The van der Waals surface area contributed by atoms with Gasteiger partial charge in [-0.1, -0.05) is 13.8 Å². The molecule has 0 aliphatic rings. The minimum Gasteiger partial charge on any atom is -0.334 e. The van der Waals surface area contributed by atoms with Crippen LogP contribution >= 0.6 is 0 Å². The van der Waals surface area contributed by atoms with Crippen LogP contribution in [0.4, 0.5) is 0 Å². The highest BCUT2D eigenvalue weighted by Gasteiger charge is 2.02. The van der Waals surface area contributed by atoms with Crippen LogP contribution in [0.5, 0.6) is 0 Å². The zero-order valence-electron chi connectivity index (χ0n) is 8.19. The molecule has 0 saturated heterocycles. The maximum Gasteiger partial charge on any atom is 0.146 e. The fourth-order valence-electron chi connectivity index (χ4n) is 1.01. The molecule has 0 radical (unpaired) electrons. The van der Waals surface area contributed by atoms with Crippen molar-refractivity contribution in [3.63, 3.8) is 0 Å². The van der Waals surface area contributed by atoms with E-state index in [2.05, 4.69) is 4.98 Å². The molecule has 1 aromatic heterocycles. The van der Waals surface area contributed by atoms with Crippen LogP contribution in [0.1, 0.15) is 19.5 Å². The largest absolute Gasteiger partial charge is 0.334 e. The van der Waals surface area contributed by atoms with E-state index in [1.54, 1.807) is 12.5 Å². The molecule has 0 aliphatic carbocycles. The highest BCUT2D eigenvalue weighted by atomic mass is 16.1. The van der Waals surface area contributed by atoms with Crippen LogP contribution in [-0.2, 0) is 11.8 Å². The van der Waals surface area contributed by atoms with Gasteiger partial charge in [0.05, 0.1) is 18.2 Å². The molecule has 0 saturated carbocycles. The average Bonchev–Trinajstić information content (AvgIpc) is 2.46. The number of nitrogens with zero attached hydrogens (tertiary/aromatic N) is 2. The van der Waals surface area contributed by atoms with Crippen molar-refractivity contribution in [2.75, 3.05) is 0 Å². The zero-order valence-corrected chi connectivity index (χ0v) is 8.19. The first kappa shape index (κ1) is 9.71. The molecule has 0 aromatic carbocycles. The van der Waals surface area contributed by atoms with Crippen LogP contribution < -0.4 is 0 Å². The van der Waals surface area contributed by atoms with Gasteiger partial charge in [0.25, 0.3) is 0 Å². The second kappa shape index (κ2) is 4.03. The van der Waals surface area contributed by atoms with Crippen molar-refractivity contribution in [1.29, 1.82) is 0 Å². The maximum absolute atomic E-state index is 10.7. The van der Waals surface area contributed by atoms with Crippen LogP contribution in [0.25, 0.3) is 6.08 Å². The Morgan fingerprint density at radius 1 is 1.62 bits per heavy atom. The number of rotatable bonds is 3. The molecule has 0 spiro atoms. The van der Waals surface area contributed by atoms with Gasteiger partial charge in [-0.3, -0.25) is 4.79 Å². The second-order valence-electron chi connectivity index (χ2n) is 3.35. The summed E-state index contributed by atoms with van der Waals surface area (Å²) in [6, 6.07) is 0. The summed E-state index contributed by atoms with van der Waals surface area (Å²) in [7, 11) is 1.90. The number of aryl methyl sites for hydroxylation is 1. The van der Waals surface area contributed by atoms with Gasteiger partial charge in [-0.15, -0.1) is 0 Å². The Morgan fingerprint density at radius 3 is 2.69 bits per heavy atom. The van der Waals surface area contributed by atoms with Gasteiger partial charge in [0.15, 0.2) is 0 Å². The van der Waals surface area contributed by atoms with Crippen LogP contribution in [0, 0.1) is 5.92 Å². The lowest BCUT2D eigenvalue weighted by atomic mass is 10.0. The van der Waals surface area contributed by atoms with Crippen molar-refractivity contribution in [2.45, 2.75) is 13.8 Å². The molecule has 0 N–H and O–H groups in total. The molecular formula is C10H14N2O. The number of hydrogen-bond acceptors (Lipinski definition) is 2. The zero-order chi connectivity index (χ0) is 9.84. The van der Waals surface area contributed by atoms with E-state index in [1.165, 1.54) is 0 Å². The summed E-state index contributed by atoms with van der Waals surface area (Å²) in [5.74, 6) is 0.257. The average molecular weight is 178 g/mol. The Bertz CT molecular complexity index is 323. The number of imidazole rings is 1. The van der Waals surface area contributed by atoms with E-state index >= 15 is 0 Å². The van der Waals surface area contributed by atoms with Crippen molar-refractivity contribution in [2.24, 2.45) is 13.0 Å². The highest BCUT2D eigenvalue weighted by molar-refractivity contribution is 5.81. The summed E-state index contributed by atoms with van der Waals surface area (Å²) in [4.78, 5) is 14.7. The number of aromatic nitrogens is 2. The Hall–Kier alpha value is -1.38. The van der Waals surface area contributed by atoms with Crippen molar-refractivity contribution in [3.05, 3.63) is 23.8 Å². The third-order valence-electron chi connectivity index (χ3n) is 1.97. The van der Waals surface area contributed by atoms with E-state index in [4.69, 9.17) is 0 Å². The fraction of sp³-hybridized carbons (Fsp3) is 0.400. The predicted octanol–water partition coefficient (Wildman–Crippen LogP) is 1.66. The molecule has 0 unspecified atom stereocenters. The van der Waals surface area contributed by atoms with Crippen LogP contribution in [-0.4, -0.2) is 15.8 Å². The molecule has 3 nitrogen and oxygen atoms in total. The fourth-order valence-corrected chi connectivity index (χ4v) is 1.01. The van der Waals surface area contributed by atoms with E-state index < -0.39 is 0 Å². The number of hydrogen-bond donors (Lipinski definition) is 0. The summed E-state index contributed by atoms with van der Waals surface area (Å²) in [6.07, 6.45) is 6.22. The van der Waals surface area contributed by atoms with Crippen LogP contribution in [0.3, 0.4) is 0 Å². The van der Waals surface area contributed by atoms with E-state index in [9.17, 15) is 4.79 Å². The van der Waals surface area contributed by atoms with Crippen molar-refractivity contribution >= 4 is 12.4 Å². The molecule has 1 rings (SSSR count). The Kier molecular flexibility index (Phi) is 3.01. The molecule has 3 heteroatoms. The van der Waals surface area contributed by atoms with E-state index in [1.807, 2.05) is 31.5 Å². The normalized spacial score (nSPS) is 12.2. The van der Waals surface area contributed by atoms with Crippen molar-refractivity contribution in [1.82, 2.24) is 9.55 Å². The van der Waals surface area contributed by atoms with Crippen LogP contribution in [0.15, 0.2) is 18.1 Å². The first-order valence-corrected chi connectivity index (χ1v) is 4.28. The maximum atomic E-state index is 10.7. The summed E-state index contributed by atoms with van der Waals surface area (Å²) >= 11 is 0. The van der Waals surface area contributed by atoms with Gasteiger partial charge < -0.3 is 4.57 Å². The van der Waals surface area contributed by atoms with Crippen molar-refractivity contribution < 1.29 is 4.79 Å². The van der Waals surface area contributed by atoms with Gasteiger partial charge in [-0.05, 0) is 17.6 Å². The minimum atomic E-state index is 0.257. The first-order chi connectivity index (χ1) is 6.15. The highest BCUT2D eigenvalue weighted by Crippen LogP contribution is 2.11. The van der Waals surface area contributed by atoms with Gasteiger partial charge in [0, 0.05) is 7.05 Å². The molecule has 0 atom stereocenters. The molecular weight excluding hydrogens is 164 g/mol. The van der Waals surface area contributed by atoms with E-state index in [-0.39, 0.29) is 5.92 Å². The van der Waals surface area contributed by atoms with E-state index in [0.29, 0.717) is 0 Å². The number of aldehydes is 1. The lowest BCUT2D eigenvalue weighted by Gasteiger charge is -2.03. The summed E-state index contributed by atoms with van der Waals surface area (Å²) in [5, 5.41) is 0. The molecule has 0 fully saturated rings. The number of carbonyl (C=O) groups is 1. The predicted molar refractivity (Wildman–Crippen MR) is 52.1 cm³/mol. The first-order valence-electron chi connectivity index (χ1n) is 4.28. The topological polar surface area (TPSA) is 34.9 Å². The molecule has 70 valence electrons. The monoisotopic (exact) mass is 178 g/mol. The quantitative estimate of drug-likeness (QED) is 0.521. The Morgan fingerprint density at radius 2 is 2.31 bits per heavy atom. The third kappa shape index (κ3) is 2.28. The number of carbonyl (C=O) groups excluding carboxylic acids is 1. The lowest BCUT2D eigenvalue weighted by molar-refractivity contribution is -0.105. The smallest absolute Gasteiger partial charge is 0.146 e. The Balaban J connectivity index is 2.98. The summed E-state index contributed by atoms with van der Waals surface area (Å²) in [5.41, 5.74) is 1.75. The van der Waals surface area contributed by atoms with Crippen LogP contribution in [0.2, 0.25) is 0 Å². The Labute approximate surface area is 78.1 Å². The SMILES string of the molecule is CC(C)C(C=O)=Cc1cncn1C. The van der Waals surface area contributed by atoms with Crippen molar-refractivity contribution in [3.8, 4) is 0 Å². The van der Waals surface area contributed by atoms with Gasteiger partial charge in [0.2, 0.25) is 0 Å². The van der Waals surface area contributed by atoms with Gasteiger partial charge in [-0.2, -0.15) is 0 Å². The molecule has 0 aliphatic heterocycles.